The number of para-hydroxylation sites is 2. The fourth-order valence-electron chi connectivity index (χ4n) is 2.44. The Morgan fingerprint density at radius 1 is 1.03 bits per heavy atom. The Bertz CT molecular complexity index is 1000. The Balaban J connectivity index is 1.79. The van der Waals surface area contributed by atoms with Crippen molar-refractivity contribution in [2.45, 2.75) is 38.3 Å². The monoisotopic (exact) mass is 463 g/mol. The lowest BCUT2D eigenvalue weighted by Gasteiger charge is -2.25. The van der Waals surface area contributed by atoms with Crippen LogP contribution >= 0.6 is 8.17 Å². The molecule has 2 aromatic carbocycles. The summed E-state index contributed by atoms with van der Waals surface area (Å²) < 4.78 is 86.3. The Labute approximate surface area is 174 Å². The van der Waals surface area contributed by atoms with Crippen LogP contribution in [0.4, 0.5) is 22.0 Å². The van der Waals surface area contributed by atoms with Crippen LogP contribution in [-0.4, -0.2) is 18.1 Å². The number of hydrogen-bond acceptors (Lipinski definition) is 6. The molecule has 1 saturated carbocycles. The van der Waals surface area contributed by atoms with E-state index in [4.69, 9.17) is 14.0 Å². The van der Waals surface area contributed by atoms with Gasteiger partial charge in [-0.2, -0.15) is 8.78 Å². The molecule has 1 aliphatic rings. The number of esters is 1. The van der Waals surface area contributed by atoms with Gasteiger partial charge in [0.1, 0.15) is 6.10 Å². The van der Waals surface area contributed by atoms with Gasteiger partial charge in [0, 0.05) is 0 Å². The molecule has 0 amide bonds. The van der Waals surface area contributed by atoms with Crippen molar-refractivity contribution < 1.29 is 45.6 Å². The van der Waals surface area contributed by atoms with Gasteiger partial charge in [0.25, 0.3) is 0 Å². The van der Waals surface area contributed by atoms with Gasteiger partial charge in [0.05, 0.1) is 0 Å². The largest absolute Gasteiger partial charge is 0.575 e. The van der Waals surface area contributed by atoms with Gasteiger partial charge in [0.15, 0.2) is 11.8 Å². The number of halogens is 5. The summed E-state index contributed by atoms with van der Waals surface area (Å²) in [6.07, 6.45) is 2.23. The molecule has 0 spiro atoms. The molecule has 0 heterocycles. The molecular weight excluding hydrogens is 448 g/mol. The van der Waals surface area contributed by atoms with Gasteiger partial charge >= 0.3 is 14.1 Å². The van der Waals surface area contributed by atoms with Crippen molar-refractivity contribution in [3.63, 3.8) is 0 Å². The summed E-state index contributed by atoms with van der Waals surface area (Å²) in [5, 5.41) is 0. The molecular formula is C19H15F5NO5P. The van der Waals surface area contributed by atoms with E-state index < -0.39 is 60.8 Å². The Morgan fingerprint density at radius 2 is 1.58 bits per heavy atom. The van der Waals surface area contributed by atoms with Gasteiger partial charge in [-0.3, -0.25) is 4.52 Å². The summed E-state index contributed by atoms with van der Waals surface area (Å²) in [4.78, 5) is 24.1. The quantitative estimate of drug-likeness (QED) is 0.192. The predicted octanol–water partition coefficient (Wildman–Crippen LogP) is 4.89. The van der Waals surface area contributed by atoms with Crippen LogP contribution < -0.4 is 14.2 Å². The van der Waals surface area contributed by atoms with Gasteiger partial charge in [-0.15, -0.1) is 0 Å². The molecule has 1 fully saturated rings. The number of carbonyl (C=O) groups excluding carboxylic acids is 1. The highest BCUT2D eigenvalue weighted by Gasteiger charge is 2.29. The second-order valence-electron chi connectivity index (χ2n) is 6.56. The highest BCUT2D eigenvalue weighted by atomic mass is 31.1. The second-order valence-corrected chi connectivity index (χ2v) is 7.45. The zero-order chi connectivity index (χ0) is 22.7. The molecule has 166 valence electrons. The third-order valence-electron chi connectivity index (χ3n) is 4.35. The van der Waals surface area contributed by atoms with Crippen LogP contribution in [0, 0.1) is 29.1 Å². The van der Waals surface area contributed by atoms with Crippen molar-refractivity contribution in [1.29, 1.82) is 0 Å². The van der Waals surface area contributed by atoms with Crippen LogP contribution in [0.2, 0.25) is 0 Å². The fraction of sp³-hybridized carbons (Fsp3) is 0.316. The molecule has 31 heavy (non-hydrogen) atoms. The molecule has 0 N–H and O–H groups in total. The molecule has 0 radical (unpaired) electrons. The standard InChI is InChI=1S/C19H15F5NO5P/c1-9(19(26)28-10-5-4-6-10)25-31(27)30-12-8-3-2-7-11(12)29-18-16(23)14(21)13(20)15(22)17(18)24/h2-3,7-10H,4-6H2,1H3/t9-/m0/s1. The maximum atomic E-state index is 13.9. The first kappa shape index (κ1) is 22.9. The molecule has 0 aliphatic heterocycles. The third-order valence-corrected chi connectivity index (χ3v) is 5.24. The maximum absolute atomic E-state index is 13.9. The van der Waals surface area contributed by atoms with Crippen molar-refractivity contribution in [2.75, 3.05) is 0 Å². The first-order chi connectivity index (χ1) is 14.7. The second kappa shape index (κ2) is 9.57. The first-order valence-electron chi connectivity index (χ1n) is 9.03. The van der Waals surface area contributed by atoms with E-state index in [2.05, 4.69) is 4.74 Å². The van der Waals surface area contributed by atoms with Gasteiger partial charge in [-0.05, 0) is 38.3 Å². The zero-order valence-corrected chi connectivity index (χ0v) is 16.8. The number of nitrogens with zero attached hydrogens (tertiary/aromatic N) is 1. The van der Waals surface area contributed by atoms with E-state index in [9.17, 15) is 31.6 Å². The molecule has 0 aromatic heterocycles. The van der Waals surface area contributed by atoms with Crippen LogP contribution in [0.5, 0.6) is 17.2 Å². The van der Waals surface area contributed by atoms with Crippen LogP contribution in [0.15, 0.2) is 29.0 Å². The third kappa shape index (κ3) is 5.11. The van der Waals surface area contributed by atoms with Crippen molar-refractivity contribution in [1.82, 2.24) is 0 Å². The minimum atomic E-state index is -2.87. The Morgan fingerprint density at radius 3 is 2.13 bits per heavy atom. The summed E-state index contributed by atoms with van der Waals surface area (Å²) in [7, 11) is -2.87. The van der Waals surface area contributed by atoms with E-state index in [-0.39, 0.29) is 11.9 Å². The summed E-state index contributed by atoms with van der Waals surface area (Å²) in [6, 6.07) is 3.83. The van der Waals surface area contributed by atoms with Crippen molar-refractivity contribution in [3.05, 3.63) is 53.4 Å². The minimum absolute atomic E-state index is 0.195. The van der Waals surface area contributed by atoms with Crippen molar-refractivity contribution in [3.8, 4) is 17.2 Å². The van der Waals surface area contributed by atoms with Gasteiger partial charge in [-0.1, -0.05) is 16.9 Å². The molecule has 12 heteroatoms. The van der Waals surface area contributed by atoms with Crippen LogP contribution in [0.25, 0.3) is 0 Å². The smallest absolute Gasteiger partial charge is 0.395 e. The van der Waals surface area contributed by atoms with E-state index in [0.717, 1.165) is 25.3 Å². The van der Waals surface area contributed by atoms with E-state index in [0.29, 0.717) is 0 Å². The summed E-state index contributed by atoms with van der Waals surface area (Å²) >= 11 is 0. The summed E-state index contributed by atoms with van der Waals surface area (Å²) in [6.45, 7) is 1.34. The zero-order valence-electron chi connectivity index (χ0n) is 15.9. The van der Waals surface area contributed by atoms with E-state index in [1.807, 2.05) is 0 Å². The number of ether oxygens (including phenoxy) is 2. The Hall–Kier alpha value is -2.78. The van der Waals surface area contributed by atoms with Gasteiger partial charge < -0.3 is 14.4 Å². The number of benzene rings is 2. The van der Waals surface area contributed by atoms with E-state index >= 15 is 0 Å². The molecule has 3 rings (SSSR count). The molecule has 6 nitrogen and oxygen atoms in total. The van der Waals surface area contributed by atoms with Crippen molar-refractivity contribution >= 4 is 14.1 Å². The fourth-order valence-corrected chi connectivity index (χ4v) is 3.19. The summed E-state index contributed by atoms with van der Waals surface area (Å²) in [5.41, 5.74) is 0. The lowest BCUT2D eigenvalue weighted by molar-refractivity contribution is -0.170. The molecule has 1 aliphatic carbocycles. The minimum Gasteiger partial charge on any atom is -0.575 e. The summed E-state index contributed by atoms with van der Waals surface area (Å²) in [5.74, 6) is -14.2. The molecule has 2 atom stereocenters. The number of rotatable bonds is 7. The average molecular weight is 463 g/mol. The predicted molar refractivity (Wildman–Crippen MR) is 95.9 cm³/mol. The molecule has 0 bridgehead atoms. The van der Waals surface area contributed by atoms with Gasteiger partial charge in [-0.25, -0.2) is 18.0 Å². The average Bonchev–Trinajstić information content (AvgIpc) is 2.71. The molecule has 0 saturated heterocycles. The van der Waals surface area contributed by atoms with Crippen LogP contribution in [0.3, 0.4) is 0 Å². The normalized spacial score (nSPS) is 15.3. The highest BCUT2D eigenvalue weighted by Crippen LogP contribution is 2.39. The number of carbonyl (C=O) groups is 1. The highest BCUT2D eigenvalue weighted by molar-refractivity contribution is 7.34. The first-order valence-corrected chi connectivity index (χ1v) is 10.2. The lowest BCUT2D eigenvalue weighted by atomic mass is 9.96. The van der Waals surface area contributed by atoms with Gasteiger partial charge in [0.2, 0.25) is 40.6 Å². The lowest BCUT2D eigenvalue weighted by Crippen LogP contribution is -2.29. The number of hydrogen-bond donors (Lipinski definition) is 0. The molecule has 2 aromatic rings. The van der Waals surface area contributed by atoms with Crippen LogP contribution in [-0.2, 0) is 9.53 Å². The van der Waals surface area contributed by atoms with Crippen molar-refractivity contribution in [2.24, 2.45) is 4.74 Å². The topological polar surface area (TPSA) is 80.2 Å². The SMILES string of the molecule is C[C@H](N=[P+]([O-])Oc1ccccc1Oc1c(F)c(F)c(F)c(F)c1F)C(=O)OC1CCC1. The van der Waals surface area contributed by atoms with E-state index in [1.54, 1.807) is 0 Å². The Kier molecular flexibility index (Phi) is 7.07. The van der Waals surface area contributed by atoms with Crippen LogP contribution in [0.1, 0.15) is 26.2 Å². The maximum Gasteiger partial charge on any atom is 0.395 e. The van der Waals surface area contributed by atoms with E-state index in [1.165, 1.54) is 25.1 Å². The molecule has 1 unspecified atom stereocenters.